The van der Waals surface area contributed by atoms with Crippen molar-refractivity contribution in [3.63, 3.8) is 0 Å². The van der Waals surface area contributed by atoms with Crippen LogP contribution in [0.25, 0.3) is 11.0 Å². The van der Waals surface area contributed by atoms with Crippen molar-refractivity contribution in [3.8, 4) is 0 Å². The van der Waals surface area contributed by atoms with Crippen molar-refractivity contribution in [2.24, 2.45) is 10.1 Å². The molecule has 0 aliphatic heterocycles. The number of allylic oxidation sites excluding steroid dienone is 2. The molecule has 1 aliphatic carbocycles. The summed E-state index contributed by atoms with van der Waals surface area (Å²) in [5, 5.41) is 7.75. The van der Waals surface area contributed by atoms with Gasteiger partial charge in [0.05, 0.1) is 16.7 Å². The first-order valence-electron chi connectivity index (χ1n) is 11.7. The van der Waals surface area contributed by atoms with Crippen LogP contribution in [-0.4, -0.2) is 46.9 Å². The lowest BCUT2D eigenvalue weighted by molar-refractivity contribution is -0.123. The summed E-state index contributed by atoms with van der Waals surface area (Å²) in [6.07, 6.45) is 9.50. The smallest absolute Gasteiger partial charge is 0.244 e. The Morgan fingerprint density at radius 1 is 1.28 bits per heavy atom. The molecule has 0 bridgehead atoms. The Morgan fingerprint density at radius 2 is 2.09 bits per heavy atom. The topological polar surface area (TPSA) is 94.5 Å². The fraction of sp³-hybridized carbons (Fsp3) is 0.520. The van der Waals surface area contributed by atoms with Gasteiger partial charge in [0.25, 0.3) is 0 Å². The maximum atomic E-state index is 12.8. The van der Waals surface area contributed by atoms with E-state index in [-0.39, 0.29) is 11.9 Å². The third-order valence-electron chi connectivity index (χ3n) is 6.11. The zero-order valence-corrected chi connectivity index (χ0v) is 19.7. The Morgan fingerprint density at radius 3 is 2.81 bits per heavy atom. The number of aromatic amines is 1. The molecule has 7 nitrogen and oxygen atoms in total. The zero-order chi connectivity index (χ0) is 22.9. The molecule has 1 aliphatic rings. The molecule has 1 heterocycles. The van der Waals surface area contributed by atoms with Crippen molar-refractivity contribution in [1.82, 2.24) is 20.7 Å². The molecular weight excluding hydrogens is 400 g/mol. The molecule has 1 aromatic heterocycles. The van der Waals surface area contributed by atoms with Gasteiger partial charge in [-0.15, -0.1) is 0 Å². The van der Waals surface area contributed by atoms with Crippen molar-refractivity contribution in [2.45, 2.75) is 77.3 Å². The fourth-order valence-electron chi connectivity index (χ4n) is 4.26. The van der Waals surface area contributed by atoms with Crippen LogP contribution >= 0.6 is 0 Å². The number of aromatic nitrogens is 2. The third kappa shape index (κ3) is 6.05. The number of imidazole rings is 1. The fourth-order valence-corrected chi connectivity index (χ4v) is 4.26. The Kier molecular flexibility index (Phi) is 8.59. The summed E-state index contributed by atoms with van der Waals surface area (Å²) in [5.41, 5.74) is 7.20. The molecule has 2 aromatic rings. The minimum atomic E-state index is -0.402. The largest absolute Gasteiger partial charge is 0.352 e. The van der Waals surface area contributed by atoms with E-state index in [4.69, 9.17) is 4.98 Å². The van der Waals surface area contributed by atoms with Crippen LogP contribution < -0.4 is 10.7 Å². The maximum Gasteiger partial charge on any atom is 0.244 e. The molecule has 3 atom stereocenters. The summed E-state index contributed by atoms with van der Waals surface area (Å²) in [6, 6.07) is 7.87. The second-order valence-corrected chi connectivity index (χ2v) is 8.42. The Balaban J connectivity index is 1.58. The van der Waals surface area contributed by atoms with Crippen LogP contribution in [0.3, 0.4) is 0 Å². The molecule has 1 aromatic carbocycles. The van der Waals surface area contributed by atoms with Gasteiger partial charge in [-0.25, -0.2) is 4.98 Å². The van der Waals surface area contributed by atoms with Gasteiger partial charge in [0.2, 0.25) is 5.91 Å². The monoisotopic (exact) mass is 436 g/mol. The molecular formula is C25H36N6O. The van der Waals surface area contributed by atoms with Gasteiger partial charge >= 0.3 is 0 Å². The van der Waals surface area contributed by atoms with Gasteiger partial charge in [-0.1, -0.05) is 32.4 Å². The number of para-hydroxylation sites is 2. The number of fused-ring (bicyclic) bond motifs is 1. The van der Waals surface area contributed by atoms with Gasteiger partial charge in [0.1, 0.15) is 11.9 Å². The normalized spacial score (nSPS) is 21.1. The average molecular weight is 437 g/mol. The lowest BCUT2D eigenvalue weighted by atomic mass is 9.85. The van der Waals surface area contributed by atoms with Gasteiger partial charge < -0.3 is 10.3 Å². The maximum absolute atomic E-state index is 12.8. The summed E-state index contributed by atoms with van der Waals surface area (Å²) in [4.78, 5) is 25.1. The highest BCUT2D eigenvalue weighted by Gasteiger charge is 2.27. The molecule has 3 N–H and O–H groups in total. The first kappa shape index (κ1) is 23.7. The molecule has 1 saturated carbocycles. The van der Waals surface area contributed by atoms with Gasteiger partial charge in [-0.05, 0) is 62.8 Å². The molecule has 3 rings (SSSR count). The highest BCUT2D eigenvalue weighted by molar-refractivity contribution is 6.02. The van der Waals surface area contributed by atoms with Crippen LogP contribution in [-0.2, 0) is 4.79 Å². The quantitative estimate of drug-likeness (QED) is 0.399. The lowest BCUT2D eigenvalue weighted by Crippen LogP contribution is -2.46. The Hall–Kier alpha value is -2.96. The number of amides is 1. The van der Waals surface area contributed by atoms with E-state index in [0.29, 0.717) is 5.92 Å². The number of hydrogen-bond donors (Lipinski definition) is 3. The standard InChI is InChI=1S/C25H36N6O/c1-5-18(14-15-26-4)21(6-2)31-30-17(3)25(32)27-20-11-9-10-19(16-20)24-28-22-12-7-8-13-23(22)29-24/h7-8,12-15,17,19-20,30H,5-6,9-11,16H2,1-4H3,(H,27,32)(H,28,29)/b18-14+,26-15?,31-21+. The van der Waals surface area contributed by atoms with Gasteiger partial charge in [-0.2, -0.15) is 5.10 Å². The number of nitrogens with one attached hydrogen (secondary N) is 3. The van der Waals surface area contributed by atoms with Crippen LogP contribution in [0.15, 0.2) is 46.0 Å². The first-order chi connectivity index (χ1) is 15.5. The predicted octanol–water partition coefficient (Wildman–Crippen LogP) is 4.49. The number of carbonyl (C=O) groups excluding carboxylic acids is 1. The van der Waals surface area contributed by atoms with Crippen molar-refractivity contribution in [2.75, 3.05) is 7.05 Å². The van der Waals surface area contributed by atoms with E-state index < -0.39 is 6.04 Å². The van der Waals surface area contributed by atoms with Crippen molar-refractivity contribution >= 4 is 28.9 Å². The number of H-pyrrole nitrogens is 1. The van der Waals surface area contributed by atoms with Crippen molar-refractivity contribution in [3.05, 3.63) is 41.7 Å². The van der Waals surface area contributed by atoms with Gasteiger partial charge in [0, 0.05) is 25.2 Å². The molecule has 0 saturated heterocycles. The van der Waals surface area contributed by atoms with Crippen LogP contribution in [0.1, 0.15) is 71.0 Å². The molecule has 32 heavy (non-hydrogen) atoms. The lowest BCUT2D eigenvalue weighted by Gasteiger charge is -2.29. The van der Waals surface area contributed by atoms with Crippen LogP contribution in [0, 0.1) is 0 Å². The number of aliphatic imine (C=N–C) groups is 1. The second-order valence-electron chi connectivity index (χ2n) is 8.42. The SMILES string of the molecule is CCC(=C\C=NC)/C(CC)=N/NC(C)C(=O)NC1CCCC(c2nc3ccccc3[nH]2)C1. The van der Waals surface area contributed by atoms with Gasteiger partial charge in [-0.3, -0.25) is 15.2 Å². The number of rotatable bonds is 9. The van der Waals surface area contributed by atoms with E-state index in [1.165, 1.54) is 0 Å². The molecule has 1 amide bonds. The van der Waals surface area contributed by atoms with E-state index in [1.807, 2.05) is 31.2 Å². The van der Waals surface area contributed by atoms with Crippen LogP contribution in [0.5, 0.6) is 0 Å². The molecule has 172 valence electrons. The van der Waals surface area contributed by atoms with Crippen molar-refractivity contribution in [1.29, 1.82) is 0 Å². The zero-order valence-electron chi connectivity index (χ0n) is 19.7. The van der Waals surface area contributed by atoms with E-state index >= 15 is 0 Å². The van der Waals surface area contributed by atoms with E-state index in [9.17, 15) is 4.79 Å². The summed E-state index contributed by atoms with van der Waals surface area (Å²) < 4.78 is 0. The molecule has 3 unspecified atom stereocenters. The van der Waals surface area contributed by atoms with Crippen molar-refractivity contribution < 1.29 is 4.79 Å². The summed E-state index contributed by atoms with van der Waals surface area (Å²) >= 11 is 0. The van der Waals surface area contributed by atoms with E-state index in [2.05, 4.69) is 45.7 Å². The van der Waals surface area contributed by atoms with Crippen LogP contribution in [0.2, 0.25) is 0 Å². The predicted molar refractivity (Wildman–Crippen MR) is 132 cm³/mol. The number of carbonyl (C=O) groups is 1. The Labute approximate surface area is 190 Å². The highest BCUT2D eigenvalue weighted by Crippen LogP contribution is 2.32. The number of hydrazone groups is 1. The van der Waals surface area contributed by atoms with Gasteiger partial charge in [0.15, 0.2) is 0 Å². The third-order valence-corrected chi connectivity index (χ3v) is 6.11. The minimum Gasteiger partial charge on any atom is -0.352 e. The number of nitrogens with zero attached hydrogens (tertiary/aromatic N) is 3. The highest BCUT2D eigenvalue weighted by atomic mass is 16.2. The number of hydrogen-bond acceptors (Lipinski definition) is 5. The molecule has 0 radical (unpaired) electrons. The van der Waals surface area contributed by atoms with Crippen LogP contribution in [0.4, 0.5) is 0 Å². The molecule has 7 heteroatoms. The summed E-state index contributed by atoms with van der Waals surface area (Å²) in [5.74, 6) is 1.35. The first-order valence-corrected chi connectivity index (χ1v) is 11.7. The van der Waals surface area contributed by atoms with E-state index in [0.717, 1.165) is 66.7 Å². The average Bonchev–Trinajstić information content (AvgIpc) is 3.25. The summed E-state index contributed by atoms with van der Waals surface area (Å²) in [6.45, 7) is 6.02. The molecule has 0 spiro atoms. The summed E-state index contributed by atoms with van der Waals surface area (Å²) in [7, 11) is 1.75. The second kappa shape index (κ2) is 11.6. The minimum absolute atomic E-state index is 0.0170. The Bertz CT molecular complexity index is 956. The molecule has 1 fully saturated rings. The number of benzene rings is 1. The van der Waals surface area contributed by atoms with E-state index in [1.54, 1.807) is 13.3 Å².